The van der Waals surface area contributed by atoms with Crippen LogP contribution in [-0.2, 0) is 9.84 Å². The third kappa shape index (κ3) is 5.53. The highest BCUT2D eigenvalue weighted by molar-refractivity contribution is 7.90. The molecule has 0 bridgehead atoms. The normalized spacial score (nSPS) is 29.6. The first-order chi connectivity index (χ1) is 9.99. The number of rotatable bonds is 6. The molecule has 1 saturated heterocycles. The number of hydrogen-bond acceptors (Lipinski definition) is 4. The van der Waals surface area contributed by atoms with E-state index >= 15 is 0 Å². The van der Waals surface area contributed by atoms with Gasteiger partial charge in [-0.05, 0) is 38.1 Å². The number of nitrogens with one attached hydrogen (secondary N) is 1. The van der Waals surface area contributed by atoms with Gasteiger partial charge in [0.05, 0.1) is 5.75 Å². The zero-order valence-electron chi connectivity index (χ0n) is 13.7. The molecule has 21 heavy (non-hydrogen) atoms. The Balaban J connectivity index is 1.86. The Hall–Kier alpha value is -0.130. The van der Waals surface area contributed by atoms with Crippen molar-refractivity contribution in [2.45, 2.75) is 64.0 Å². The lowest BCUT2D eigenvalue weighted by molar-refractivity contribution is 0.0939. The lowest BCUT2D eigenvalue weighted by atomic mass is 9.82. The first-order valence-corrected chi connectivity index (χ1v) is 10.7. The highest BCUT2D eigenvalue weighted by Gasteiger charge is 2.31. The van der Waals surface area contributed by atoms with Gasteiger partial charge in [0.25, 0.3) is 0 Å². The molecule has 0 radical (unpaired) electrons. The quantitative estimate of drug-likeness (QED) is 0.815. The first kappa shape index (κ1) is 17.2. The van der Waals surface area contributed by atoms with Crippen LogP contribution >= 0.6 is 0 Å². The van der Waals surface area contributed by atoms with E-state index in [0.717, 1.165) is 38.4 Å². The maximum atomic E-state index is 11.3. The summed E-state index contributed by atoms with van der Waals surface area (Å²) in [5, 5.41) is 3.77. The van der Waals surface area contributed by atoms with Crippen LogP contribution in [0.15, 0.2) is 0 Å². The van der Waals surface area contributed by atoms with Crippen LogP contribution in [0.25, 0.3) is 0 Å². The fourth-order valence-corrected chi connectivity index (χ4v) is 4.59. The molecule has 0 amide bonds. The van der Waals surface area contributed by atoms with Crippen molar-refractivity contribution in [1.29, 1.82) is 0 Å². The van der Waals surface area contributed by atoms with Crippen LogP contribution in [-0.4, -0.2) is 57.0 Å². The van der Waals surface area contributed by atoms with Crippen LogP contribution in [0, 0.1) is 5.92 Å². The van der Waals surface area contributed by atoms with E-state index in [4.69, 9.17) is 0 Å². The molecule has 124 valence electrons. The summed E-state index contributed by atoms with van der Waals surface area (Å²) in [6.07, 6.45) is 10.2. The summed E-state index contributed by atoms with van der Waals surface area (Å²) in [6.45, 7) is 5.33. The molecule has 1 saturated carbocycles. The molecule has 2 rings (SSSR count). The number of nitrogens with zero attached hydrogens (tertiary/aromatic N) is 1. The molecule has 1 heterocycles. The smallest absolute Gasteiger partial charge is 0.147 e. The largest absolute Gasteiger partial charge is 0.311 e. The van der Waals surface area contributed by atoms with Crippen molar-refractivity contribution >= 4 is 9.84 Å². The zero-order valence-corrected chi connectivity index (χ0v) is 14.5. The summed E-state index contributed by atoms with van der Waals surface area (Å²) in [5.74, 6) is 1.15. The second kappa shape index (κ2) is 7.93. The van der Waals surface area contributed by atoms with E-state index in [2.05, 4.69) is 17.1 Å². The SMILES string of the molecule is CCC1CNC(C2CCCCC2)CN1CCCS(C)(=O)=O. The van der Waals surface area contributed by atoms with Crippen LogP contribution < -0.4 is 5.32 Å². The third-order valence-corrected chi connectivity index (χ3v) is 6.24. The zero-order chi connectivity index (χ0) is 15.3. The van der Waals surface area contributed by atoms with E-state index in [0.29, 0.717) is 17.8 Å². The van der Waals surface area contributed by atoms with Crippen LogP contribution in [0.2, 0.25) is 0 Å². The highest BCUT2D eigenvalue weighted by Crippen LogP contribution is 2.28. The minimum Gasteiger partial charge on any atom is -0.311 e. The molecule has 1 aliphatic carbocycles. The summed E-state index contributed by atoms with van der Waals surface area (Å²) in [6, 6.07) is 1.19. The molecule has 0 aromatic carbocycles. The molecular formula is C16H32N2O2S. The van der Waals surface area contributed by atoms with Crippen molar-refractivity contribution in [3.8, 4) is 0 Å². The lowest BCUT2D eigenvalue weighted by Gasteiger charge is -2.44. The van der Waals surface area contributed by atoms with E-state index in [1.54, 1.807) is 0 Å². The maximum Gasteiger partial charge on any atom is 0.147 e. The van der Waals surface area contributed by atoms with Crippen molar-refractivity contribution in [1.82, 2.24) is 10.2 Å². The van der Waals surface area contributed by atoms with Gasteiger partial charge in [-0.2, -0.15) is 0 Å². The number of piperazine rings is 1. The summed E-state index contributed by atoms with van der Waals surface area (Å²) in [5.41, 5.74) is 0. The topological polar surface area (TPSA) is 49.4 Å². The fourth-order valence-electron chi connectivity index (χ4n) is 3.94. The monoisotopic (exact) mass is 316 g/mol. The number of sulfone groups is 1. The Morgan fingerprint density at radius 2 is 1.90 bits per heavy atom. The van der Waals surface area contributed by atoms with Crippen molar-refractivity contribution in [3.05, 3.63) is 0 Å². The fraction of sp³-hybridized carbons (Fsp3) is 1.00. The van der Waals surface area contributed by atoms with Gasteiger partial charge in [0.2, 0.25) is 0 Å². The third-order valence-electron chi connectivity index (χ3n) is 5.21. The first-order valence-electron chi connectivity index (χ1n) is 8.64. The van der Waals surface area contributed by atoms with Gasteiger partial charge < -0.3 is 5.32 Å². The van der Waals surface area contributed by atoms with Gasteiger partial charge in [-0.25, -0.2) is 8.42 Å². The van der Waals surface area contributed by atoms with E-state index < -0.39 is 9.84 Å². The van der Waals surface area contributed by atoms with Gasteiger partial charge in [-0.3, -0.25) is 4.90 Å². The van der Waals surface area contributed by atoms with Crippen molar-refractivity contribution in [2.24, 2.45) is 5.92 Å². The summed E-state index contributed by atoms with van der Waals surface area (Å²) in [4.78, 5) is 2.54. The lowest BCUT2D eigenvalue weighted by Crippen LogP contribution is -2.58. The standard InChI is InChI=1S/C16H32N2O2S/c1-3-15-12-17-16(14-8-5-4-6-9-14)13-18(15)10-7-11-21(2,19)20/h14-17H,3-13H2,1-2H3. The van der Waals surface area contributed by atoms with Gasteiger partial charge >= 0.3 is 0 Å². The molecule has 0 aromatic rings. The Labute approximate surface area is 130 Å². The van der Waals surface area contributed by atoms with Crippen molar-refractivity contribution in [2.75, 3.05) is 31.6 Å². The molecule has 4 nitrogen and oxygen atoms in total. The molecule has 2 unspecified atom stereocenters. The second-order valence-electron chi connectivity index (χ2n) is 6.95. The van der Waals surface area contributed by atoms with Crippen molar-refractivity contribution < 1.29 is 8.42 Å². The summed E-state index contributed by atoms with van der Waals surface area (Å²) in [7, 11) is -2.83. The van der Waals surface area contributed by atoms with E-state index in [1.165, 1.54) is 38.4 Å². The van der Waals surface area contributed by atoms with Gasteiger partial charge in [-0.15, -0.1) is 0 Å². The average Bonchev–Trinajstić information content (AvgIpc) is 2.47. The van der Waals surface area contributed by atoms with Gasteiger partial charge in [0.1, 0.15) is 9.84 Å². The summed E-state index contributed by atoms with van der Waals surface area (Å²) < 4.78 is 22.6. The van der Waals surface area contributed by atoms with Crippen LogP contribution in [0.1, 0.15) is 51.9 Å². The Morgan fingerprint density at radius 3 is 2.52 bits per heavy atom. The molecule has 2 fully saturated rings. The minimum absolute atomic E-state index is 0.321. The van der Waals surface area contributed by atoms with Crippen LogP contribution in [0.4, 0.5) is 0 Å². The number of hydrogen-bond donors (Lipinski definition) is 1. The molecule has 0 spiro atoms. The molecule has 2 atom stereocenters. The van der Waals surface area contributed by atoms with Gasteiger partial charge in [0, 0.05) is 31.4 Å². The van der Waals surface area contributed by atoms with Gasteiger partial charge in [0.15, 0.2) is 0 Å². The minimum atomic E-state index is -2.83. The predicted molar refractivity (Wildman–Crippen MR) is 88.3 cm³/mol. The molecule has 2 aliphatic rings. The highest BCUT2D eigenvalue weighted by atomic mass is 32.2. The van der Waals surface area contributed by atoms with Gasteiger partial charge in [-0.1, -0.05) is 26.2 Å². The Morgan fingerprint density at radius 1 is 1.19 bits per heavy atom. The molecular weight excluding hydrogens is 284 g/mol. The Kier molecular flexibility index (Phi) is 6.51. The second-order valence-corrected chi connectivity index (χ2v) is 9.21. The maximum absolute atomic E-state index is 11.3. The molecule has 1 aliphatic heterocycles. The van der Waals surface area contributed by atoms with E-state index in [1.807, 2.05) is 0 Å². The molecule has 1 N–H and O–H groups in total. The van der Waals surface area contributed by atoms with Crippen LogP contribution in [0.5, 0.6) is 0 Å². The molecule has 5 heteroatoms. The predicted octanol–water partition coefficient (Wildman–Crippen LogP) is 2.05. The van der Waals surface area contributed by atoms with E-state index in [9.17, 15) is 8.42 Å². The van der Waals surface area contributed by atoms with Crippen LogP contribution in [0.3, 0.4) is 0 Å². The molecule has 0 aromatic heterocycles. The summed E-state index contributed by atoms with van der Waals surface area (Å²) >= 11 is 0. The van der Waals surface area contributed by atoms with Crippen molar-refractivity contribution in [3.63, 3.8) is 0 Å². The Bertz CT molecular complexity index is 405. The van der Waals surface area contributed by atoms with E-state index in [-0.39, 0.29) is 0 Å². The average molecular weight is 317 g/mol.